The molecule has 1 saturated carbocycles. The molecule has 8 atom stereocenters. The molecule has 0 aromatic rings. The van der Waals surface area contributed by atoms with Crippen LogP contribution in [0.25, 0.3) is 0 Å². The van der Waals surface area contributed by atoms with Crippen LogP contribution < -0.4 is 0 Å². The number of rotatable bonds is 4. The molecule has 0 aromatic heterocycles. The topological polar surface area (TPSA) is 76.0 Å². The summed E-state index contributed by atoms with van der Waals surface area (Å²) >= 11 is 0. The molecule has 29 heavy (non-hydrogen) atoms. The van der Waals surface area contributed by atoms with Gasteiger partial charge in [0.15, 0.2) is 0 Å². The predicted octanol–water partition coefficient (Wildman–Crippen LogP) is 3.78. The maximum absolute atomic E-state index is 12.5. The number of aliphatic hydroxyl groups is 2. The Balaban J connectivity index is 2.04. The number of fused-ring (bicyclic) bond motifs is 5. The second-order valence-corrected chi connectivity index (χ2v) is 9.89. The lowest BCUT2D eigenvalue weighted by Gasteiger charge is -2.46. The Morgan fingerprint density at radius 1 is 1.31 bits per heavy atom. The molecule has 3 fully saturated rings. The van der Waals surface area contributed by atoms with Gasteiger partial charge in [-0.25, -0.2) is 0 Å². The van der Waals surface area contributed by atoms with Crippen LogP contribution in [0.3, 0.4) is 0 Å². The van der Waals surface area contributed by atoms with Crippen molar-refractivity contribution in [3.63, 3.8) is 0 Å². The number of hydrogen-bond donors (Lipinski definition) is 2. The molecule has 2 N–H and O–H groups in total. The Bertz CT molecular complexity index is 656. The van der Waals surface area contributed by atoms with Crippen molar-refractivity contribution in [2.75, 3.05) is 0 Å². The molecule has 0 amide bonds. The highest BCUT2D eigenvalue weighted by Gasteiger charge is 2.60. The molecule has 2 bridgehead atoms. The zero-order valence-electron chi connectivity index (χ0n) is 18.4. The van der Waals surface area contributed by atoms with Gasteiger partial charge in [0, 0.05) is 18.3 Å². The van der Waals surface area contributed by atoms with Gasteiger partial charge >= 0.3 is 5.97 Å². The molecule has 2 heterocycles. The summed E-state index contributed by atoms with van der Waals surface area (Å²) in [5.74, 6) is 0.488. The second-order valence-electron chi connectivity index (χ2n) is 9.89. The van der Waals surface area contributed by atoms with E-state index in [4.69, 9.17) is 9.47 Å². The highest BCUT2D eigenvalue weighted by molar-refractivity contribution is 5.69. The second kappa shape index (κ2) is 8.52. The van der Waals surface area contributed by atoms with E-state index in [1.54, 1.807) is 0 Å². The number of carbonyl (C=O) groups excluding carboxylic acids is 1. The largest absolute Gasteiger partial charge is 0.457 e. The third kappa shape index (κ3) is 4.19. The number of hydrogen-bond acceptors (Lipinski definition) is 5. The molecule has 3 aliphatic rings. The number of aliphatic hydroxyl groups excluding tert-OH is 2. The summed E-state index contributed by atoms with van der Waals surface area (Å²) in [6, 6.07) is 0. The van der Waals surface area contributed by atoms with Crippen molar-refractivity contribution in [3.05, 3.63) is 24.3 Å². The van der Waals surface area contributed by atoms with E-state index in [0.29, 0.717) is 38.0 Å². The zero-order valence-corrected chi connectivity index (χ0v) is 18.4. The van der Waals surface area contributed by atoms with Crippen molar-refractivity contribution >= 4 is 5.97 Å². The summed E-state index contributed by atoms with van der Waals surface area (Å²) in [5.41, 5.74) is 0.725. The van der Waals surface area contributed by atoms with Crippen molar-refractivity contribution in [1.82, 2.24) is 0 Å². The Hall–Kier alpha value is -1.17. The van der Waals surface area contributed by atoms with E-state index in [1.165, 1.54) is 0 Å². The van der Waals surface area contributed by atoms with Crippen LogP contribution in [-0.2, 0) is 14.3 Å². The lowest BCUT2D eigenvalue weighted by Crippen LogP contribution is -2.52. The van der Waals surface area contributed by atoms with Crippen LogP contribution in [0.2, 0.25) is 0 Å². The quantitative estimate of drug-likeness (QED) is 0.549. The fourth-order valence-electron chi connectivity index (χ4n) is 5.80. The lowest BCUT2D eigenvalue weighted by molar-refractivity contribution is -0.182. The maximum atomic E-state index is 12.5. The van der Waals surface area contributed by atoms with Crippen LogP contribution in [0.1, 0.15) is 66.2 Å². The van der Waals surface area contributed by atoms with Gasteiger partial charge in [-0.1, -0.05) is 33.9 Å². The van der Waals surface area contributed by atoms with Gasteiger partial charge < -0.3 is 19.7 Å². The van der Waals surface area contributed by atoms with Gasteiger partial charge in [0.2, 0.25) is 0 Å². The molecule has 0 spiro atoms. The SMILES string of the molecule is C=C1C[C@H]2O[C@H]([C@H]3[C@@H]2C(=C)[C@@H](O)C[C@@H]3C(C)C)[C@](C)(OC(=O)CCC)CC[C@@H]1O. The molecule has 3 rings (SSSR count). The van der Waals surface area contributed by atoms with Gasteiger partial charge in [-0.05, 0) is 62.0 Å². The molecule has 5 heteroatoms. The van der Waals surface area contributed by atoms with Crippen LogP contribution >= 0.6 is 0 Å². The first kappa shape index (κ1) is 22.5. The first-order valence-electron chi connectivity index (χ1n) is 11.2. The first-order chi connectivity index (χ1) is 13.6. The molecule has 5 nitrogen and oxygen atoms in total. The Morgan fingerprint density at radius 3 is 2.62 bits per heavy atom. The van der Waals surface area contributed by atoms with Gasteiger partial charge in [-0.3, -0.25) is 4.79 Å². The van der Waals surface area contributed by atoms with Crippen molar-refractivity contribution in [1.29, 1.82) is 0 Å². The number of carbonyl (C=O) groups is 1. The van der Waals surface area contributed by atoms with E-state index < -0.39 is 17.8 Å². The summed E-state index contributed by atoms with van der Waals surface area (Å²) in [4.78, 5) is 12.5. The Kier molecular flexibility index (Phi) is 6.62. The summed E-state index contributed by atoms with van der Waals surface area (Å²) in [7, 11) is 0. The third-order valence-electron chi connectivity index (χ3n) is 7.44. The van der Waals surface area contributed by atoms with Crippen molar-refractivity contribution in [3.8, 4) is 0 Å². The molecule has 0 aromatic carbocycles. The molecule has 0 unspecified atom stereocenters. The maximum Gasteiger partial charge on any atom is 0.306 e. The zero-order chi connectivity index (χ0) is 21.5. The Morgan fingerprint density at radius 2 is 2.00 bits per heavy atom. The fourth-order valence-corrected chi connectivity index (χ4v) is 5.80. The van der Waals surface area contributed by atoms with E-state index in [-0.39, 0.29) is 35.9 Å². The fraction of sp³-hybridized carbons (Fsp3) is 0.792. The monoisotopic (exact) mass is 406 g/mol. The summed E-state index contributed by atoms with van der Waals surface area (Å²) < 4.78 is 12.7. The number of ether oxygens (including phenoxy) is 2. The van der Waals surface area contributed by atoms with Crippen molar-refractivity contribution in [2.24, 2.45) is 23.7 Å². The normalized spacial score (nSPS) is 42.8. The summed E-state index contributed by atoms with van der Waals surface area (Å²) in [6.45, 7) is 16.6. The first-order valence-corrected chi connectivity index (χ1v) is 11.2. The number of esters is 1. The molecule has 164 valence electrons. The molecule has 0 radical (unpaired) electrons. The minimum atomic E-state index is -0.828. The molecular weight excluding hydrogens is 368 g/mol. The van der Waals surface area contributed by atoms with Gasteiger partial charge in [0.1, 0.15) is 11.7 Å². The van der Waals surface area contributed by atoms with Gasteiger partial charge in [0.25, 0.3) is 0 Å². The van der Waals surface area contributed by atoms with Crippen LogP contribution in [0.5, 0.6) is 0 Å². The van der Waals surface area contributed by atoms with Crippen LogP contribution in [-0.4, -0.2) is 46.2 Å². The van der Waals surface area contributed by atoms with Crippen LogP contribution in [0.15, 0.2) is 24.3 Å². The van der Waals surface area contributed by atoms with Gasteiger partial charge in [0.05, 0.1) is 18.3 Å². The van der Waals surface area contributed by atoms with Crippen molar-refractivity contribution < 1.29 is 24.5 Å². The third-order valence-corrected chi connectivity index (χ3v) is 7.44. The van der Waals surface area contributed by atoms with Crippen LogP contribution in [0.4, 0.5) is 0 Å². The highest BCUT2D eigenvalue weighted by atomic mass is 16.6. The molecular formula is C24H38O5. The van der Waals surface area contributed by atoms with Gasteiger partial charge in [-0.15, -0.1) is 0 Å². The smallest absolute Gasteiger partial charge is 0.306 e. The van der Waals surface area contributed by atoms with Crippen molar-refractivity contribution in [2.45, 2.75) is 96.2 Å². The highest BCUT2D eigenvalue weighted by Crippen LogP contribution is 2.55. The van der Waals surface area contributed by atoms with E-state index in [0.717, 1.165) is 17.6 Å². The standard InChI is InChI=1S/C24H38O5/c1-7-8-20(27)29-24(6)10-9-17(25)14(4)11-19-21-15(5)18(26)12-16(13(2)3)22(21)23(24)28-19/h13,16-19,21-23,25-26H,4-5,7-12H2,1-3,6H3/t16-,17+,18+,19-,21-,22-,23-,24-/m1/s1. The summed E-state index contributed by atoms with van der Waals surface area (Å²) in [5, 5.41) is 21.3. The molecule has 2 aliphatic heterocycles. The minimum Gasteiger partial charge on any atom is -0.457 e. The predicted molar refractivity (Wildman–Crippen MR) is 112 cm³/mol. The van der Waals surface area contributed by atoms with E-state index in [1.807, 2.05) is 13.8 Å². The molecule has 1 aliphatic carbocycles. The molecule has 2 saturated heterocycles. The van der Waals surface area contributed by atoms with E-state index >= 15 is 0 Å². The van der Waals surface area contributed by atoms with Gasteiger partial charge in [-0.2, -0.15) is 0 Å². The Labute approximate surface area is 175 Å². The van der Waals surface area contributed by atoms with Crippen LogP contribution in [0, 0.1) is 23.7 Å². The average molecular weight is 407 g/mol. The lowest BCUT2D eigenvalue weighted by atomic mass is 9.60. The average Bonchev–Trinajstić information content (AvgIpc) is 3.03. The van der Waals surface area contributed by atoms with E-state index in [9.17, 15) is 15.0 Å². The van der Waals surface area contributed by atoms with E-state index in [2.05, 4.69) is 27.0 Å². The minimum absolute atomic E-state index is 0.0256. The summed E-state index contributed by atoms with van der Waals surface area (Å²) in [6.07, 6.45) is 1.61.